The highest BCUT2D eigenvalue weighted by Crippen LogP contribution is 2.11. The van der Waals surface area contributed by atoms with E-state index in [1.54, 1.807) is 18.2 Å². The fraction of sp³-hybridized carbons (Fsp3) is 0.273. The van der Waals surface area contributed by atoms with Crippen LogP contribution in [0.4, 0.5) is 0 Å². The summed E-state index contributed by atoms with van der Waals surface area (Å²) in [6.07, 6.45) is 0.0881. The number of aliphatic hydroxyl groups excluding tert-OH is 1. The molecule has 3 N–H and O–H groups in total. The number of fused-ring (bicyclic) bond motifs is 1. The number of H-pyrrole nitrogens is 1. The third kappa shape index (κ3) is 2.73. The highest BCUT2D eigenvalue weighted by atomic mass is 16.4. The molecule has 17 heavy (non-hydrogen) atoms. The number of hydrogen-bond donors (Lipinski definition) is 3. The number of aromatic nitrogens is 1. The van der Waals surface area contributed by atoms with E-state index in [2.05, 4.69) is 10.3 Å². The number of carbonyl (C=O) groups is 1. The summed E-state index contributed by atoms with van der Waals surface area (Å²) in [5, 5.41) is 11.2. The van der Waals surface area contributed by atoms with E-state index in [9.17, 15) is 9.59 Å². The normalized spacial score (nSPS) is 10.6. The molecule has 1 amide bonds. The van der Waals surface area contributed by atoms with Crippen molar-refractivity contribution in [3.05, 3.63) is 34.3 Å². The van der Waals surface area contributed by atoms with Crippen molar-refractivity contribution in [2.45, 2.75) is 13.0 Å². The van der Waals surface area contributed by atoms with Crippen LogP contribution in [0.5, 0.6) is 0 Å². The number of rotatable bonds is 4. The number of aromatic amines is 1. The molecule has 1 heterocycles. The van der Waals surface area contributed by atoms with Crippen LogP contribution in [0, 0.1) is 0 Å². The van der Waals surface area contributed by atoms with Gasteiger partial charge in [-0.25, -0.2) is 4.79 Å². The summed E-state index contributed by atoms with van der Waals surface area (Å²) in [6.45, 7) is 0.182. The maximum atomic E-state index is 11.1. The summed E-state index contributed by atoms with van der Waals surface area (Å²) in [5.74, 6) is -0.713. The zero-order valence-corrected chi connectivity index (χ0v) is 9.03. The van der Waals surface area contributed by atoms with Crippen LogP contribution in [0.3, 0.4) is 0 Å². The van der Waals surface area contributed by atoms with Crippen LogP contribution in [-0.4, -0.2) is 22.6 Å². The van der Waals surface area contributed by atoms with E-state index >= 15 is 0 Å². The van der Waals surface area contributed by atoms with Crippen molar-refractivity contribution >= 4 is 17.0 Å². The van der Waals surface area contributed by atoms with Gasteiger partial charge in [0.15, 0.2) is 5.58 Å². The fourth-order valence-corrected chi connectivity index (χ4v) is 1.50. The second-order valence-electron chi connectivity index (χ2n) is 3.60. The van der Waals surface area contributed by atoms with Crippen LogP contribution in [0.1, 0.15) is 12.0 Å². The van der Waals surface area contributed by atoms with E-state index in [1.807, 2.05) is 0 Å². The number of nitrogens with one attached hydrogen (secondary N) is 2. The molecule has 2 aromatic rings. The lowest BCUT2D eigenvalue weighted by Gasteiger charge is -2.03. The number of hydrogen-bond acceptors (Lipinski definition) is 4. The van der Waals surface area contributed by atoms with Crippen LogP contribution in [0.15, 0.2) is 27.4 Å². The van der Waals surface area contributed by atoms with Crippen molar-refractivity contribution in [1.82, 2.24) is 10.3 Å². The van der Waals surface area contributed by atoms with Crippen LogP contribution in [-0.2, 0) is 11.3 Å². The second-order valence-corrected chi connectivity index (χ2v) is 3.60. The van der Waals surface area contributed by atoms with Crippen LogP contribution >= 0.6 is 0 Å². The lowest BCUT2D eigenvalue weighted by molar-refractivity contribution is -0.121. The smallest absolute Gasteiger partial charge is 0.408 e. The van der Waals surface area contributed by atoms with Gasteiger partial charge in [0.1, 0.15) is 0 Å². The van der Waals surface area contributed by atoms with E-state index in [1.165, 1.54) is 0 Å². The minimum Gasteiger partial charge on any atom is -0.408 e. The molecule has 0 saturated heterocycles. The molecule has 6 nitrogen and oxygen atoms in total. The highest BCUT2D eigenvalue weighted by molar-refractivity contribution is 5.76. The number of carbonyl (C=O) groups excluding carboxylic acids is 1. The second kappa shape index (κ2) is 4.84. The van der Waals surface area contributed by atoms with Gasteiger partial charge in [0.25, 0.3) is 0 Å². The van der Waals surface area contributed by atoms with Crippen LogP contribution < -0.4 is 11.1 Å². The number of amides is 1. The van der Waals surface area contributed by atoms with Crippen LogP contribution in [0.2, 0.25) is 0 Å². The van der Waals surface area contributed by atoms with E-state index < -0.39 is 5.76 Å². The summed E-state index contributed by atoms with van der Waals surface area (Å²) >= 11 is 0. The van der Waals surface area contributed by atoms with Crippen LogP contribution in [0.25, 0.3) is 11.1 Å². The molecule has 1 aromatic carbocycles. The molecule has 0 radical (unpaired) electrons. The Balaban J connectivity index is 2.08. The summed E-state index contributed by atoms with van der Waals surface area (Å²) in [7, 11) is 0. The molecular formula is C11H12N2O4. The average Bonchev–Trinajstić information content (AvgIpc) is 2.66. The molecule has 0 atom stereocenters. The molecule has 0 aliphatic carbocycles. The lowest BCUT2D eigenvalue weighted by Crippen LogP contribution is -2.23. The third-order valence-corrected chi connectivity index (χ3v) is 2.31. The van der Waals surface area contributed by atoms with Crippen molar-refractivity contribution in [1.29, 1.82) is 0 Å². The van der Waals surface area contributed by atoms with Crippen molar-refractivity contribution in [3.63, 3.8) is 0 Å². The van der Waals surface area contributed by atoms with Crippen molar-refractivity contribution in [2.24, 2.45) is 0 Å². The number of benzene rings is 1. The molecular weight excluding hydrogens is 224 g/mol. The van der Waals surface area contributed by atoms with Gasteiger partial charge in [-0.15, -0.1) is 0 Å². The van der Waals surface area contributed by atoms with Gasteiger partial charge < -0.3 is 14.8 Å². The zero-order valence-electron chi connectivity index (χ0n) is 9.03. The predicted octanol–water partition coefficient (Wildman–Crippen LogP) is 0.120. The Morgan fingerprint density at radius 1 is 1.47 bits per heavy atom. The van der Waals surface area contributed by atoms with Crippen molar-refractivity contribution < 1.29 is 14.3 Å². The van der Waals surface area contributed by atoms with Gasteiger partial charge in [0.05, 0.1) is 12.1 Å². The maximum absolute atomic E-state index is 11.1. The lowest BCUT2D eigenvalue weighted by atomic mass is 10.2. The Kier molecular flexibility index (Phi) is 3.24. The Bertz CT molecular complexity index is 584. The molecule has 6 heteroatoms. The quantitative estimate of drug-likeness (QED) is 0.702. The first-order valence-electron chi connectivity index (χ1n) is 5.18. The van der Waals surface area contributed by atoms with Gasteiger partial charge in [0.2, 0.25) is 5.91 Å². The molecule has 0 spiro atoms. The molecule has 2 rings (SSSR count). The SMILES string of the molecule is O=C(CCO)NCc1ccc2oc(=O)[nH]c2c1. The molecule has 90 valence electrons. The predicted molar refractivity (Wildman–Crippen MR) is 60.4 cm³/mol. The molecule has 0 saturated carbocycles. The standard InChI is InChI=1S/C11H12N2O4/c14-4-3-10(15)12-6-7-1-2-9-8(5-7)13-11(16)17-9/h1-2,5,14H,3-4,6H2,(H,12,15)(H,13,16). The third-order valence-electron chi connectivity index (χ3n) is 2.31. The molecule has 0 bridgehead atoms. The van der Waals surface area contributed by atoms with Gasteiger partial charge >= 0.3 is 5.76 Å². The monoisotopic (exact) mass is 236 g/mol. The first kappa shape index (κ1) is 11.4. The first-order valence-corrected chi connectivity index (χ1v) is 5.18. The summed E-state index contributed by atoms with van der Waals surface area (Å²) in [4.78, 5) is 24.6. The van der Waals surface area contributed by atoms with Crippen molar-refractivity contribution in [3.8, 4) is 0 Å². The van der Waals surface area contributed by atoms with E-state index in [0.717, 1.165) is 5.56 Å². The minimum absolute atomic E-state index is 0.0881. The number of oxazole rings is 1. The van der Waals surface area contributed by atoms with Crippen molar-refractivity contribution in [2.75, 3.05) is 6.61 Å². The molecule has 0 unspecified atom stereocenters. The maximum Gasteiger partial charge on any atom is 0.417 e. The van der Waals surface area contributed by atoms with Gasteiger partial charge in [-0.05, 0) is 17.7 Å². The van der Waals surface area contributed by atoms with E-state index in [-0.39, 0.29) is 18.9 Å². The largest absolute Gasteiger partial charge is 0.417 e. The summed E-state index contributed by atoms with van der Waals surface area (Å²) < 4.78 is 4.86. The first-order chi connectivity index (χ1) is 8.19. The van der Waals surface area contributed by atoms with Gasteiger partial charge in [-0.2, -0.15) is 0 Å². The van der Waals surface area contributed by atoms with E-state index in [4.69, 9.17) is 9.52 Å². The summed E-state index contributed by atoms with van der Waals surface area (Å²) in [5.41, 5.74) is 1.94. The fourth-order valence-electron chi connectivity index (χ4n) is 1.50. The Hall–Kier alpha value is -2.08. The van der Waals surface area contributed by atoms with Gasteiger partial charge in [-0.3, -0.25) is 9.78 Å². The Morgan fingerprint density at radius 2 is 2.29 bits per heavy atom. The minimum atomic E-state index is -0.499. The topological polar surface area (TPSA) is 95.3 Å². The zero-order chi connectivity index (χ0) is 12.3. The highest BCUT2D eigenvalue weighted by Gasteiger charge is 2.03. The molecule has 1 aromatic heterocycles. The summed E-state index contributed by atoms with van der Waals surface area (Å²) in [6, 6.07) is 5.17. The molecule has 0 aliphatic heterocycles. The Morgan fingerprint density at radius 3 is 3.06 bits per heavy atom. The van der Waals surface area contributed by atoms with Gasteiger partial charge in [0, 0.05) is 13.0 Å². The molecule has 0 fully saturated rings. The number of aliphatic hydroxyl groups is 1. The average molecular weight is 236 g/mol. The van der Waals surface area contributed by atoms with E-state index in [0.29, 0.717) is 17.6 Å². The molecule has 0 aliphatic rings. The Labute approximate surface area is 96.3 Å². The van der Waals surface area contributed by atoms with Gasteiger partial charge in [-0.1, -0.05) is 6.07 Å².